The van der Waals surface area contributed by atoms with Crippen molar-refractivity contribution in [2.24, 2.45) is 0 Å². The quantitative estimate of drug-likeness (QED) is 0.910. The topological polar surface area (TPSA) is 76.5 Å². The van der Waals surface area contributed by atoms with E-state index in [9.17, 15) is 9.59 Å². The largest absolute Gasteiger partial charge is 0.497 e. The van der Waals surface area contributed by atoms with E-state index >= 15 is 0 Å². The Kier molecular flexibility index (Phi) is 4.71. The van der Waals surface area contributed by atoms with Gasteiger partial charge in [0, 0.05) is 24.7 Å². The predicted octanol–water partition coefficient (Wildman–Crippen LogP) is 2.08. The molecule has 1 aliphatic rings. The molecule has 0 atom stereocenters. The Morgan fingerprint density at radius 1 is 1.23 bits per heavy atom. The van der Waals surface area contributed by atoms with Gasteiger partial charge in [-0.1, -0.05) is 12.1 Å². The molecule has 0 aliphatic carbocycles. The molecule has 2 amide bonds. The monoisotopic (exact) mass is 356 g/mol. The maximum absolute atomic E-state index is 12.8. The number of hydrogen-bond acceptors (Lipinski definition) is 4. The lowest BCUT2D eigenvalue weighted by Crippen LogP contribution is -2.40. The molecule has 2 heterocycles. The number of methoxy groups -OCH3 is 1. The number of benzene rings is 1. The number of carbonyl (C=O) groups is 2. The van der Waals surface area contributed by atoms with Gasteiger partial charge in [-0.05, 0) is 38.5 Å². The van der Waals surface area contributed by atoms with Gasteiger partial charge in [-0.15, -0.1) is 0 Å². The van der Waals surface area contributed by atoms with Gasteiger partial charge in [-0.2, -0.15) is 5.10 Å². The Hall–Kier alpha value is -2.83. The van der Waals surface area contributed by atoms with Gasteiger partial charge < -0.3 is 15.0 Å². The second-order valence-corrected chi connectivity index (χ2v) is 7.42. The van der Waals surface area contributed by atoms with E-state index in [0.29, 0.717) is 25.3 Å². The third-order valence-corrected chi connectivity index (χ3v) is 4.12. The molecule has 2 aromatic rings. The van der Waals surface area contributed by atoms with E-state index in [-0.39, 0.29) is 23.0 Å². The summed E-state index contributed by atoms with van der Waals surface area (Å²) in [6, 6.07) is 9.22. The Balaban J connectivity index is 1.74. The van der Waals surface area contributed by atoms with E-state index in [0.717, 1.165) is 11.3 Å². The molecule has 0 saturated heterocycles. The van der Waals surface area contributed by atoms with Crippen LogP contribution in [0.4, 0.5) is 0 Å². The van der Waals surface area contributed by atoms with Gasteiger partial charge in [0.05, 0.1) is 13.7 Å². The van der Waals surface area contributed by atoms with Crippen molar-refractivity contribution in [1.29, 1.82) is 0 Å². The van der Waals surface area contributed by atoms with Crippen LogP contribution in [0.25, 0.3) is 0 Å². The number of amides is 2. The smallest absolute Gasteiger partial charge is 0.272 e. The summed E-state index contributed by atoms with van der Waals surface area (Å²) in [5, 5.41) is 7.16. The molecular formula is C19H24N4O3. The average Bonchev–Trinajstić information content (AvgIpc) is 3.02. The van der Waals surface area contributed by atoms with Crippen molar-refractivity contribution in [2.45, 2.75) is 39.4 Å². The van der Waals surface area contributed by atoms with E-state index in [1.165, 1.54) is 0 Å². The summed E-state index contributed by atoms with van der Waals surface area (Å²) in [5.74, 6) is 0.398. The molecule has 7 nitrogen and oxygen atoms in total. The Labute approximate surface area is 152 Å². The molecule has 1 N–H and O–H groups in total. The van der Waals surface area contributed by atoms with Gasteiger partial charge in [-0.25, -0.2) is 0 Å². The lowest BCUT2D eigenvalue weighted by atomic mass is 10.1. The van der Waals surface area contributed by atoms with Crippen LogP contribution in [0.1, 0.15) is 47.3 Å². The minimum atomic E-state index is -0.356. The highest BCUT2D eigenvalue weighted by Crippen LogP contribution is 2.18. The van der Waals surface area contributed by atoms with Gasteiger partial charge in [0.2, 0.25) is 0 Å². The Bertz CT molecular complexity index is 818. The van der Waals surface area contributed by atoms with E-state index in [2.05, 4.69) is 10.4 Å². The van der Waals surface area contributed by atoms with E-state index in [4.69, 9.17) is 4.74 Å². The summed E-state index contributed by atoms with van der Waals surface area (Å²) < 4.78 is 6.77. The molecule has 0 spiro atoms. The third-order valence-electron chi connectivity index (χ3n) is 4.12. The number of aromatic nitrogens is 2. The minimum absolute atomic E-state index is 0.116. The van der Waals surface area contributed by atoms with Crippen LogP contribution < -0.4 is 10.1 Å². The molecule has 26 heavy (non-hydrogen) atoms. The first-order chi connectivity index (χ1) is 12.3. The number of hydrogen-bond donors (Lipinski definition) is 1. The zero-order chi connectivity index (χ0) is 18.9. The maximum atomic E-state index is 12.8. The lowest BCUT2D eigenvalue weighted by Gasteiger charge is -2.27. The first kappa shape index (κ1) is 18.0. The van der Waals surface area contributed by atoms with Crippen molar-refractivity contribution < 1.29 is 14.3 Å². The highest BCUT2D eigenvalue weighted by atomic mass is 16.5. The van der Waals surface area contributed by atoms with Crippen molar-refractivity contribution in [1.82, 2.24) is 20.0 Å². The summed E-state index contributed by atoms with van der Waals surface area (Å²) in [5.41, 5.74) is 1.39. The zero-order valence-corrected chi connectivity index (χ0v) is 15.6. The fourth-order valence-corrected chi connectivity index (χ4v) is 2.86. The second kappa shape index (κ2) is 6.82. The van der Waals surface area contributed by atoms with Gasteiger partial charge in [0.15, 0.2) is 5.69 Å². The molecule has 0 fully saturated rings. The lowest BCUT2D eigenvalue weighted by molar-refractivity contribution is 0.0683. The van der Waals surface area contributed by atoms with Crippen LogP contribution in [0.15, 0.2) is 30.3 Å². The minimum Gasteiger partial charge on any atom is -0.497 e. The highest BCUT2D eigenvalue weighted by Gasteiger charge is 2.28. The summed E-state index contributed by atoms with van der Waals surface area (Å²) in [6.07, 6.45) is 0. The van der Waals surface area contributed by atoms with Crippen LogP contribution >= 0.6 is 0 Å². The van der Waals surface area contributed by atoms with E-state index in [1.807, 2.05) is 45.0 Å². The fourth-order valence-electron chi connectivity index (χ4n) is 2.86. The van der Waals surface area contributed by atoms with Gasteiger partial charge >= 0.3 is 0 Å². The zero-order valence-electron chi connectivity index (χ0n) is 15.6. The summed E-state index contributed by atoms with van der Waals surface area (Å²) in [6.45, 7) is 7.35. The first-order valence-corrected chi connectivity index (χ1v) is 8.59. The summed E-state index contributed by atoms with van der Waals surface area (Å²) in [7, 11) is 1.62. The van der Waals surface area contributed by atoms with Crippen LogP contribution in [0, 0.1) is 0 Å². The van der Waals surface area contributed by atoms with Gasteiger partial charge in [-0.3, -0.25) is 14.3 Å². The van der Waals surface area contributed by atoms with Crippen molar-refractivity contribution in [3.05, 3.63) is 47.3 Å². The third kappa shape index (κ3) is 3.87. The molecule has 138 valence electrons. The number of nitrogens with one attached hydrogen (secondary N) is 1. The van der Waals surface area contributed by atoms with Crippen molar-refractivity contribution in [2.75, 3.05) is 13.7 Å². The van der Waals surface area contributed by atoms with Crippen LogP contribution in [-0.2, 0) is 13.1 Å². The molecule has 0 saturated carbocycles. The molecule has 0 unspecified atom stereocenters. The summed E-state index contributed by atoms with van der Waals surface area (Å²) >= 11 is 0. The Morgan fingerprint density at radius 3 is 2.54 bits per heavy atom. The number of ether oxygens (including phenoxy) is 1. The molecule has 3 rings (SSSR count). The highest BCUT2D eigenvalue weighted by molar-refractivity contribution is 5.98. The molecule has 1 aliphatic heterocycles. The summed E-state index contributed by atoms with van der Waals surface area (Å²) in [4.78, 5) is 26.8. The Morgan fingerprint density at radius 2 is 1.92 bits per heavy atom. The SMILES string of the molecule is COc1ccc(CN2CCn3nc(C(=O)NC(C)(C)C)cc3C2=O)cc1. The van der Waals surface area contributed by atoms with E-state index < -0.39 is 0 Å². The molecular weight excluding hydrogens is 332 g/mol. The molecule has 1 aromatic carbocycles. The second-order valence-electron chi connectivity index (χ2n) is 7.42. The fraction of sp³-hybridized carbons (Fsp3) is 0.421. The maximum Gasteiger partial charge on any atom is 0.272 e. The van der Waals surface area contributed by atoms with Crippen molar-refractivity contribution >= 4 is 11.8 Å². The van der Waals surface area contributed by atoms with Gasteiger partial charge in [0.25, 0.3) is 11.8 Å². The molecule has 1 aromatic heterocycles. The van der Waals surface area contributed by atoms with Crippen molar-refractivity contribution in [3.63, 3.8) is 0 Å². The van der Waals surface area contributed by atoms with Crippen molar-refractivity contribution in [3.8, 4) is 5.75 Å². The number of fused-ring (bicyclic) bond motifs is 1. The molecule has 0 bridgehead atoms. The molecule has 7 heteroatoms. The molecule has 0 radical (unpaired) electrons. The van der Waals surface area contributed by atoms with Crippen LogP contribution in [-0.4, -0.2) is 45.7 Å². The van der Waals surface area contributed by atoms with E-state index in [1.54, 1.807) is 22.8 Å². The van der Waals surface area contributed by atoms with Gasteiger partial charge in [0.1, 0.15) is 11.4 Å². The standard InChI is InChI=1S/C19H24N4O3/c1-19(2,3)20-17(24)15-11-16-18(25)22(9-10-23(16)21-15)12-13-5-7-14(26-4)8-6-13/h5-8,11H,9-10,12H2,1-4H3,(H,20,24). The van der Waals surface area contributed by atoms with Crippen LogP contribution in [0.3, 0.4) is 0 Å². The number of carbonyl (C=O) groups excluding carboxylic acids is 2. The van der Waals surface area contributed by atoms with Crippen LogP contribution in [0.5, 0.6) is 5.75 Å². The predicted molar refractivity (Wildman–Crippen MR) is 97.2 cm³/mol. The number of rotatable bonds is 4. The average molecular weight is 356 g/mol. The number of nitrogens with zero attached hydrogens (tertiary/aromatic N) is 3. The van der Waals surface area contributed by atoms with Crippen LogP contribution in [0.2, 0.25) is 0 Å². The first-order valence-electron chi connectivity index (χ1n) is 8.59. The normalized spacial score (nSPS) is 14.2.